The lowest BCUT2D eigenvalue weighted by Crippen LogP contribution is -2.35. The fourth-order valence-electron chi connectivity index (χ4n) is 1.63. The maximum atomic E-state index is 11.1. The van der Waals surface area contributed by atoms with E-state index in [0.29, 0.717) is 19.5 Å². The molecular formula is C9H15NO3. The van der Waals surface area contributed by atoms with Gasteiger partial charge in [0.25, 0.3) is 0 Å². The number of likely N-dealkylation sites (tertiary alicyclic amines) is 1. The summed E-state index contributed by atoms with van der Waals surface area (Å²) in [4.78, 5) is 23.4. The van der Waals surface area contributed by atoms with Crippen LogP contribution < -0.4 is 0 Å². The van der Waals surface area contributed by atoms with Gasteiger partial charge in [0.05, 0.1) is 5.92 Å². The molecule has 1 fully saturated rings. The van der Waals surface area contributed by atoms with E-state index in [1.165, 1.54) is 6.92 Å². The van der Waals surface area contributed by atoms with Gasteiger partial charge in [0.15, 0.2) is 0 Å². The third kappa shape index (κ3) is 2.72. The Labute approximate surface area is 77.5 Å². The normalized spacial score (nSPS) is 23.8. The summed E-state index contributed by atoms with van der Waals surface area (Å²) in [5.74, 6) is -1.17. The van der Waals surface area contributed by atoms with E-state index in [0.717, 1.165) is 12.8 Å². The Hall–Kier alpha value is -1.06. The molecule has 13 heavy (non-hydrogen) atoms. The van der Waals surface area contributed by atoms with Crippen molar-refractivity contribution in [2.45, 2.75) is 26.2 Å². The predicted molar refractivity (Wildman–Crippen MR) is 47.2 cm³/mol. The van der Waals surface area contributed by atoms with Gasteiger partial charge >= 0.3 is 5.97 Å². The van der Waals surface area contributed by atoms with Crippen molar-refractivity contribution in [1.29, 1.82) is 0 Å². The maximum absolute atomic E-state index is 11.1. The van der Waals surface area contributed by atoms with Crippen molar-refractivity contribution in [2.75, 3.05) is 13.1 Å². The van der Waals surface area contributed by atoms with E-state index >= 15 is 0 Å². The van der Waals surface area contributed by atoms with Crippen LogP contribution in [0.25, 0.3) is 0 Å². The number of carboxylic acids is 1. The average molecular weight is 185 g/mol. The van der Waals surface area contributed by atoms with E-state index in [-0.39, 0.29) is 11.8 Å². The smallest absolute Gasteiger partial charge is 0.308 e. The topological polar surface area (TPSA) is 57.6 Å². The van der Waals surface area contributed by atoms with Crippen LogP contribution in [0.1, 0.15) is 26.2 Å². The lowest BCUT2D eigenvalue weighted by molar-refractivity contribution is -0.143. The number of hydrogen-bond donors (Lipinski definition) is 1. The molecular weight excluding hydrogens is 170 g/mol. The van der Waals surface area contributed by atoms with Crippen molar-refractivity contribution in [1.82, 2.24) is 4.90 Å². The van der Waals surface area contributed by atoms with Gasteiger partial charge in [0.1, 0.15) is 0 Å². The zero-order chi connectivity index (χ0) is 9.84. The molecule has 0 aromatic rings. The molecule has 4 nitrogen and oxygen atoms in total. The minimum absolute atomic E-state index is 0.0202. The Morgan fingerprint density at radius 3 is 2.62 bits per heavy atom. The summed E-state index contributed by atoms with van der Waals surface area (Å²) in [6.07, 6.45) is 2.52. The van der Waals surface area contributed by atoms with E-state index in [1.54, 1.807) is 4.90 Å². The Kier molecular flexibility index (Phi) is 3.28. The van der Waals surface area contributed by atoms with Crippen molar-refractivity contribution in [2.24, 2.45) is 5.92 Å². The second-order valence-corrected chi connectivity index (χ2v) is 3.50. The van der Waals surface area contributed by atoms with E-state index in [1.807, 2.05) is 0 Å². The highest BCUT2D eigenvalue weighted by Gasteiger charge is 2.24. The van der Waals surface area contributed by atoms with E-state index < -0.39 is 5.97 Å². The van der Waals surface area contributed by atoms with Gasteiger partial charge in [-0.2, -0.15) is 0 Å². The molecule has 1 aliphatic rings. The molecule has 1 aliphatic heterocycles. The molecule has 0 unspecified atom stereocenters. The molecule has 0 bridgehead atoms. The monoisotopic (exact) mass is 185 g/mol. The van der Waals surface area contributed by atoms with Gasteiger partial charge in [-0.1, -0.05) is 6.42 Å². The van der Waals surface area contributed by atoms with Gasteiger partial charge in [-0.05, 0) is 12.8 Å². The summed E-state index contributed by atoms with van der Waals surface area (Å²) in [5, 5.41) is 8.82. The molecule has 0 saturated carbocycles. The molecule has 1 heterocycles. The Bertz CT molecular complexity index is 193. The number of rotatable bonds is 1. The van der Waals surface area contributed by atoms with Crippen LogP contribution in [-0.2, 0) is 9.59 Å². The number of carbonyl (C=O) groups excluding carboxylic acids is 1. The lowest BCUT2D eigenvalue weighted by Gasteiger charge is -2.20. The summed E-state index contributed by atoms with van der Waals surface area (Å²) in [7, 11) is 0. The summed E-state index contributed by atoms with van der Waals surface area (Å²) in [6.45, 7) is 2.58. The number of carbonyl (C=O) groups is 2. The zero-order valence-electron chi connectivity index (χ0n) is 7.82. The number of hydrogen-bond acceptors (Lipinski definition) is 2. The molecule has 1 N–H and O–H groups in total. The minimum atomic E-state index is -0.784. The molecule has 1 amide bonds. The number of nitrogens with zero attached hydrogens (tertiary/aromatic N) is 1. The van der Waals surface area contributed by atoms with Crippen molar-refractivity contribution >= 4 is 11.9 Å². The predicted octanol–water partition coefficient (Wildman–Crippen LogP) is 0.720. The number of aliphatic carboxylic acids is 1. The molecule has 0 aromatic heterocycles. The Balaban J connectivity index is 2.59. The summed E-state index contributed by atoms with van der Waals surface area (Å²) < 4.78 is 0. The van der Waals surface area contributed by atoms with Crippen LogP contribution in [0.3, 0.4) is 0 Å². The van der Waals surface area contributed by atoms with Crippen molar-refractivity contribution in [3.63, 3.8) is 0 Å². The third-order valence-electron chi connectivity index (χ3n) is 2.47. The second-order valence-electron chi connectivity index (χ2n) is 3.50. The molecule has 1 atom stereocenters. The first-order valence-electron chi connectivity index (χ1n) is 4.59. The highest BCUT2D eigenvalue weighted by Crippen LogP contribution is 2.16. The van der Waals surface area contributed by atoms with Crippen molar-refractivity contribution in [3.8, 4) is 0 Å². The lowest BCUT2D eigenvalue weighted by atomic mass is 10.0. The zero-order valence-corrected chi connectivity index (χ0v) is 7.82. The highest BCUT2D eigenvalue weighted by molar-refractivity contribution is 5.75. The van der Waals surface area contributed by atoms with Gasteiger partial charge < -0.3 is 10.0 Å². The second kappa shape index (κ2) is 4.25. The van der Waals surface area contributed by atoms with Crippen LogP contribution in [0, 0.1) is 5.92 Å². The van der Waals surface area contributed by atoms with E-state index in [2.05, 4.69) is 0 Å². The molecule has 1 rings (SSSR count). The van der Waals surface area contributed by atoms with E-state index in [9.17, 15) is 9.59 Å². The summed E-state index contributed by atoms with van der Waals surface area (Å²) >= 11 is 0. The molecule has 0 aromatic carbocycles. The summed E-state index contributed by atoms with van der Waals surface area (Å²) in [5.41, 5.74) is 0. The van der Waals surface area contributed by atoms with Gasteiger partial charge in [-0.15, -0.1) is 0 Å². The van der Waals surface area contributed by atoms with Crippen molar-refractivity contribution < 1.29 is 14.7 Å². The fourth-order valence-corrected chi connectivity index (χ4v) is 1.63. The van der Waals surface area contributed by atoms with Crippen LogP contribution in [-0.4, -0.2) is 35.0 Å². The van der Waals surface area contributed by atoms with Crippen LogP contribution in [0.5, 0.6) is 0 Å². The molecule has 4 heteroatoms. The maximum Gasteiger partial charge on any atom is 0.308 e. The quantitative estimate of drug-likeness (QED) is 0.654. The third-order valence-corrected chi connectivity index (χ3v) is 2.47. The van der Waals surface area contributed by atoms with Gasteiger partial charge in [-0.25, -0.2) is 0 Å². The summed E-state index contributed by atoms with van der Waals surface area (Å²) in [6, 6.07) is 0. The molecule has 1 saturated heterocycles. The van der Waals surface area contributed by atoms with E-state index in [4.69, 9.17) is 5.11 Å². The van der Waals surface area contributed by atoms with Crippen LogP contribution in [0.4, 0.5) is 0 Å². The van der Waals surface area contributed by atoms with Crippen LogP contribution >= 0.6 is 0 Å². The number of amides is 1. The van der Waals surface area contributed by atoms with Crippen molar-refractivity contribution in [3.05, 3.63) is 0 Å². The van der Waals surface area contributed by atoms with Gasteiger partial charge in [-0.3, -0.25) is 9.59 Å². The average Bonchev–Trinajstić information content (AvgIpc) is 2.28. The number of carboxylic acid groups (broad SMARTS) is 1. The van der Waals surface area contributed by atoms with Gasteiger partial charge in [0, 0.05) is 20.0 Å². The Morgan fingerprint density at radius 1 is 1.38 bits per heavy atom. The highest BCUT2D eigenvalue weighted by atomic mass is 16.4. The Morgan fingerprint density at radius 2 is 2.08 bits per heavy atom. The first kappa shape index (κ1) is 10.0. The molecule has 0 spiro atoms. The first-order chi connectivity index (χ1) is 6.11. The SMILES string of the molecule is CC(=O)N1CCCC[C@@H](C(=O)O)C1. The van der Waals surface area contributed by atoms with Crippen LogP contribution in [0.15, 0.2) is 0 Å². The largest absolute Gasteiger partial charge is 0.481 e. The minimum Gasteiger partial charge on any atom is -0.481 e. The van der Waals surface area contributed by atoms with Gasteiger partial charge in [0.2, 0.25) is 5.91 Å². The molecule has 0 aliphatic carbocycles. The molecule has 74 valence electrons. The van der Waals surface area contributed by atoms with Crippen LogP contribution in [0.2, 0.25) is 0 Å². The fraction of sp³-hybridized carbons (Fsp3) is 0.778. The molecule has 0 radical (unpaired) electrons. The standard InChI is InChI=1S/C9H15NO3/c1-7(11)10-5-3-2-4-8(6-10)9(12)13/h8H,2-6H2,1H3,(H,12,13)/t8-/m1/s1. The first-order valence-corrected chi connectivity index (χ1v) is 4.59.